The Bertz CT molecular complexity index is 1130. The average molecular weight is 438 g/mol. The maximum Gasteiger partial charge on any atom is 0.416 e. The van der Waals surface area contributed by atoms with Gasteiger partial charge in [0.15, 0.2) is 5.78 Å². The summed E-state index contributed by atoms with van der Waals surface area (Å²) in [4.78, 5) is 23.3. The van der Waals surface area contributed by atoms with Crippen LogP contribution in [0.15, 0.2) is 70.2 Å². The summed E-state index contributed by atoms with van der Waals surface area (Å²) in [5, 5.41) is 8.66. The van der Waals surface area contributed by atoms with E-state index in [1.807, 2.05) is 0 Å². The second-order valence-electron chi connectivity index (χ2n) is 6.76. The second-order valence-corrected chi connectivity index (χ2v) is 6.76. The van der Waals surface area contributed by atoms with Crippen LogP contribution in [0.5, 0.6) is 0 Å². The quantitative estimate of drug-likeness (QED) is 0.377. The van der Waals surface area contributed by atoms with Gasteiger partial charge in [0.1, 0.15) is 0 Å². The van der Waals surface area contributed by atoms with Crippen LogP contribution in [0.3, 0.4) is 0 Å². The minimum absolute atomic E-state index is 0.0227. The zero-order valence-electron chi connectivity index (χ0n) is 15.5. The number of benzene rings is 1. The van der Waals surface area contributed by atoms with Crippen molar-refractivity contribution >= 4 is 17.8 Å². The molecule has 0 amide bonds. The first kappa shape index (κ1) is 22.2. The van der Waals surface area contributed by atoms with Crippen molar-refractivity contribution in [2.75, 3.05) is 0 Å². The van der Waals surface area contributed by atoms with Crippen molar-refractivity contribution in [1.29, 1.82) is 0 Å². The lowest BCUT2D eigenvalue weighted by molar-refractivity contribution is -0.143. The summed E-state index contributed by atoms with van der Waals surface area (Å²) in [6, 6.07) is 1.14. The molecule has 1 aromatic carbocycles. The first-order chi connectivity index (χ1) is 14.3. The van der Waals surface area contributed by atoms with E-state index in [9.17, 15) is 35.9 Å². The molecule has 0 radical (unpaired) electrons. The van der Waals surface area contributed by atoms with Crippen LogP contribution in [0.4, 0.5) is 26.3 Å². The van der Waals surface area contributed by atoms with Crippen LogP contribution in [0, 0.1) is 0 Å². The molecule has 0 spiro atoms. The molecule has 3 nitrogen and oxygen atoms in total. The third-order valence-electron chi connectivity index (χ3n) is 4.52. The highest BCUT2D eigenvalue weighted by molar-refractivity contribution is 6.14. The molecule has 9 heteroatoms. The van der Waals surface area contributed by atoms with Crippen molar-refractivity contribution in [3.05, 3.63) is 86.9 Å². The number of rotatable bonds is 3. The number of alkyl halides is 6. The normalized spacial score (nSPS) is 18.1. The average Bonchev–Trinajstić information content (AvgIpc) is 2.67. The molecule has 1 saturated carbocycles. The van der Waals surface area contributed by atoms with Gasteiger partial charge >= 0.3 is 18.3 Å². The molecule has 3 rings (SSSR count). The van der Waals surface area contributed by atoms with E-state index in [0.717, 1.165) is 12.2 Å². The highest BCUT2D eigenvalue weighted by atomic mass is 19.4. The van der Waals surface area contributed by atoms with E-state index in [0.29, 0.717) is 23.3 Å². The van der Waals surface area contributed by atoms with Gasteiger partial charge in [-0.2, -0.15) is 26.3 Å². The fourth-order valence-electron chi connectivity index (χ4n) is 3.11. The number of Topliss-reactive ketones (excluding diaryl/α,β-unsaturated/α-hetero) is 1. The molecule has 0 aromatic heterocycles. The molecule has 160 valence electrons. The number of ketones is 1. The predicted molar refractivity (Wildman–Crippen MR) is 97.6 cm³/mol. The Morgan fingerprint density at radius 3 is 2.13 bits per heavy atom. The summed E-state index contributed by atoms with van der Waals surface area (Å²) in [6.07, 6.45) is -4.92. The van der Waals surface area contributed by atoms with Gasteiger partial charge in [0.05, 0.1) is 16.7 Å². The summed E-state index contributed by atoms with van der Waals surface area (Å²) in [5.74, 6) is -1.76. The smallest absolute Gasteiger partial charge is 0.416 e. The Morgan fingerprint density at radius 1 is 0.968 bits per heavy atom. The molecule has 0 saturated heterocycles. The number of carbonyl (C=O) groups is 2. The number of hydrogen-bond donors (Lipinski definition) is 1. The lowest BCUT2D eigenvalue weighted by Gasteiger charge is -2.20. The van der Waals surface area contributed by atoms with Gasteiger partial charge < -0.3 is 5.11 Å². The SMILES string of the molecule is O=C(O)/C=C/C1=C=C=C2C(=O)/C(=C/c3cc(C(F)(F)F)cc(C(F)(F)F)c3)CCC2=C1. The Kier molecular flexibility index (Phi) is 5.68. The Hall–Kier alpha value is -3.54. The first-order valence-corrected chi connectivity index (χ1v) is 8.77. The molecule has 1 aromatic rings. The van der Waals surface area contributed by atoms with Crippen molar-refractivity contribution < 1.29 is 41.0 Å². The molecule has 0 heterocycles. The van der Waals surface area contributed by atoms with Crippen LogP contribution in [0.2, 0.25) is 0 Å². The van der Waals surface area contributed by atoms with Crippen LogP contribution < -0.4 is 0 Å². The fraction of sp³-hybridized carbons (Fsp3) is 0.182. The number of aliphatic carboxylic acids is 1. The molecular formula is C22H12F6O3. The third kappa shape index (κ3) is 5.15. The Morgan fingerprint density at radius 2 is 1.58 bits per heavy atom. The van der Waals surface area contributed by atoms with Crippen molar-refractivity contribution in [1.82, 2.24) is 0 Å². The molecule has 2 aliphatic rings. The molecule has 1 fully saturated rings. The molecule has 0 aliphatic heterocycles. The molecule has 31 heavy (non-hydrogen) atoms. The molecule has 2 aliphatic carbocycles. The van der Waals surface area contributed by atoms with Gasteiger partial charge in [-0.3, -0.25) is 4.79 Å². The number of hydrogen-bond acceptors (Lipinski definition) is 2. The van der Waals surface area contributed by atoms with E-state index >= 15 is 0 Å². The Balaban J connectivity index is 2.03. The molecule has 0 bridgehead atoms. The van der Waals surface area contributed by atoms with E-state index in [2.05, 4.69) is 11.5 Å². The van der Waals surface area contributed by atoms with Gasteiger partial charge in [0.25, 0.3) is 0 Å². The second kappa shape index (κ2) is 7.95. The van der Waals surface area contributed by atoms with E-state index in [-0.39, 0.29) is 35.6 Å². The van der Waals surface area contributed by atoms with Crippen LogP contribution in [-0.2, 0) is 21.9 Å². The summed E-state index contributed by atoms with van der Waals surface area (Å²) in [5.41, 5.74) is 2.92. The molecule has 0 unspecified atom stereocenters. The minimum Gasteiger partial charge on any atom is -0.478 e. The summed E-state index contributed by atoms with van der Waals surface area (Å²) in [7, 11) is 0. The van der Waals surface area contributed by atoms with Crippen LogP contribution >= 0.6 is 0 Å². The topological polar surface area (TPSA) is 54.4 Å². The standard InChI is InChI=1S/C22H12F6O3/c23-21(24,25)16-9-13(10-17(11-16)22(26,27)28)8-15-4-3-14-7-12(2-6-19(29)30)1-5-18(14)20(15)31/h2,6-11H,3-4H2,(H,29,30)/b6-2+,15-8+. The van der Waals surface area contributed by atoms with E-state index < -0.39 is 35.2 Å². The lowest BCUT2D eigenvalue weighted by Crippen LogP contribution is -2.15. The van der Waals surface area contributed by atoms with Crippen LogP contribution in [0.1, 0.15) is 29.5 Å². The summed E-state index contributed by atoms with van der Waals surface area (Å²) in [6.45, 7) is 0. The molecule has 0 atom stereocenters. The minimum atomic E-state index is -4.99. The van der Waals surface area contributed by atoms with Crippen molar-refractivity contribution in [2.45, 2.75) is 25.2 Å². The number of carbonyl (C=O) groups excluding carboxylic acids is 1. The highest BCUT2D eigenvalue weighted by Crippen LogP contribution is 2.38. The van der Waals surface area contributed by atoms with E-state index in [1.54, 1.807) is 0 Å². The number of carboxylic acid groups (broad SMARTS) is 1. The van der Waals surface area contributed by atoms with Gasteiger partial charge in [-0.05, 0) is 60.4 Å². The van der Waals surface area contributed by atoms with Gasteiger partial charge in [-0.25, -0.2) is 4.79 Å². The maximum atomic E-state index is 13.0. The van der Waals surface area contributed by atoms with Crippen LogP contribution in [-0.4, -0.2) is 16.9 Å². The largest absolute Gasteiger partial charge is 0.478 e. The predicted octanol–water partition coefficient (Wildman–Crippen LogP) is 5.66. The Labute approximate surface area is 171 Å². The van der Waals surface area contributed by atoms with Crippen molar-refractivity contribution in [2.24, 2.45) is 0 Å². The number of halogens is 6. The third-order valence-corrected chi connectivity index (χ3v) is 4.52. The summed E-state index contributed by atoms with van der Waals surface area (Å²) >= 11 is 0. The van der Waals surface area contributed by atoms with Gasteiger partial charge in [-0.15, -0.1) is 0 Å². The molecular weight excluding hydrogens is 426 g/mol. The van der Waals surface area contributed by atoms with Crippen molar-refractivity contribution in [3.8, 4) is 0 Å². The van der Waals surface area contributed by atoms with Gasteiger partial charge in [-0.1, -0.05) is 11.5 Å². The van der Waals surface area contributed by atoms with Crippen molar-refractivity contribution in [3.63, 3.8) is 0 Å². The zero-order valence-corrected chi connectivity index (χ0v) is 15.5. The first-order valence-electron chi connectivity index (χ1n) is 8.77. The van der Waals surface area contributed by atoms with E-state index in [1.165, 1.54) is 12.2 Å². The van der Waals surface area contributed by atoms with Crippen LogP contribution in [0.25, 0.3) is 6.08 Å². The number of fused-ring (bicyclic) bond motifs is 1. The lowest BCUT2D eigenvalue weighted by atomic mass is 9.82. The highest BCUT2D eigenvalue weighted by Gasteiger charge is 2.37. The monoisotopic (exact) mass is 438 g/mol. The van der Waals surface area contributed by atoms with E-state index in [4.69, 9.17) is 5.11 Å². The molecule has 1 N–H and O–H groups in total. The van der Waals surface area contributed by atoms with Gasteiger partial charge in [0.2, 0.25) is 0 Å². The number of allylic oxidation sites excluding steroid dienone is 6. The fourth-order valence-corrected chi connectivity index (χ4v) is 3.11. The summed E-state index contributed by atoms with van der Waals surface area (Å²) < 4.78 is 78.2. The van der Waals surface area contributed by atoms with Gasteiger partial charge in [0, 0.05) is 17.2 Å². The zero-order chi connectivity index (χ0) is 23.0. The number of carboxylic acids is 1. The maximum absolute atomic E-state index is 13.0.